The Morgan fingerprint density at radius 3 is 2.58 bits per heavy atom. The van der Waals surface area contributed by atoms with E-state index >= 15 is 0 Å². The van der Waals surface area contributed by atoms with E-state index in [0.29, 0.717) is 5.54 Å². The van der Waals surface area contributed by atoms with E-state index in [2.05, 4.69) is 38.2 Å². The number of likely N-dealkylation sites (tertiary alicyclic amines) is 1. The van der Waals surface area contributed by atoms with Crippen molar-refractivity contribution in [3.8, 4) is 0 Å². The summed E-state index contributed by atoms with van der Waals surface area (Å²) in [4.78, 5) is 6.47. The second kappa shape index (κ2) is 6.62. The van der Waals surface area contributed by atoms with Crippen LogP contribution in [0, 0.1) is 6.92 Å². The summed E-state index contributed by atoms with van der Waals surface area (Å²) in [6, 6.07) is 8.34. The topological polar surface area (TPSA) is 32.3 Å². The number of anilines is 1. The molecule has 0 bridgehead atoms. The van der Waals surface area contributed by atoms with Gasteiger partial charge in [-0.05, 0) is 63.4 Å². The first-order chi connectivity index (χ1) is 11.6. The van der Waals surface area contributed by atoms with Gasteiger partial charge in [-0.3, -0.25) is 4.90 Å². The van der Waals surface area contributed by atoms with Crippen LogP contribution >= 0.6 is 22.9 Å². The van der Waals surface area contributed by atoms with Crippen molar-refractivity contribution in [3.05, 3.63) is 39.2 Å². The second-order valence-corrected chi connectivity index (χ2v) is 8.77. The standard InChI is InChI=1S/C18H23ClN4S/c1-14-3-6-17(21-20-14)22-11-8-18(9-12-22)7-2-10-23(18)13-15-4-5-16(19)24-15/h3-6H,2,7-13H2,1H3. The summed E-state index contributed by atoms with van der Waals surface area (Å²) in [6.45, 7) is 6.37. The molecule has 2 aromatic heterocycles. The number of nitrogens with zero attached hydrogens (tertiary/aromatic N) is 4. The van der Waals surface area contributed by atoms with Crippen molar-refractivity contribution in [2.24, 2.45) is 0 Å². The van der Waals surface area contributed by atoms with Gasteiger partial charge in [0.1, 0.15) is 0 Å². The largest absolute Gasteiger partial charge is 0.355 e. The Balaban J connectivity index is 1.43. The molecule has 2 saturated heterocycles. The second-order valence-electron chi connectivity index (χ2n) is 6.98. The van der Waals surface area contributed by atoms with Crippen molar-refractivity contribution in [3.63, 3.8) is 0 Å². The molecular formula is C18H23ClN4S. The van der Waals surface area contributed by atoms with Gasteiger partial charge >= 0.3 is 0 Å². The number of aromatic nitrogens is 2. The number of rotatable bonds is 3. The maximum absolute atomic E-state index is 6.10. The van der Waals surface area contributed by atoms with Gasteiger partial charge in [-0.2, -0.15) is 5.10 Å². The molecular weight excluding hydrogens is 340 g/mol. The molecule has 4 heterocycles. The molecule has 0 unspecified atom stereocenters. The fraction of sp³-hybridized carbons (Fsp3) is 0.556. The molecule has 1 spiro atoms. The molecule has 0 radical (unpaired) electrons. The molecule has 6 heteroatoms. The van der Waals surface area contributed by atoms with Crippen LogP contribution in [0.2, 0.25) is 4.34 Å². The Kier molecular flexibility index (Phi) is 4.50. The monoisotopic (exact) mass is 362 g/mol. The fourth-order valence-electron chi connectivity index (χ4n) is 4.14. The highest BCUT2D eigenvalue weighted by atomic mass is 35.5. The van der Waals surface area contributed by atoms with E-state index in [4.69, 9.17) is 11.6 Å². The van der Waals surface area contributed by atoms with Gasteiger partial charge in [0.05, 0.1) is 10.0 Å². The average molecular weight is 363 g/mol. The number of piperidine rings is 1. The van der Waals surface area contributed by atoms with Gasteiger partial charge in [0.25, 0.3) is 0 Å². The van der Waals surface area contributed by atoms with Crippen molar-refractivity contribution in [1.29, 1.82) is 0 Å². The summed E-state index contributed by atoms with van der Waals surface area (Å²) < 4.78 is 0.894. The lowest BCUT2D eigenvalue weighted by molar-refractivity contribution is 0.101. The highest BCUT2D eigenvalue weighted by Crippen LogP contribution is 2.40. The van der Waals surface area contributed by atoms with Gasteiger partial charge in [-0.15, -0.1) is 16.4 Å². The van der Waals surface area contributed by atoms with Crippen molar-refractivity contribution in [1.82, 2.24) is 15.1 Å². The molecule has 24 heavy (non-hydrogen) atoms. The van der Waals surface area contributed by atoms with Gasteiger partial charge in [0.15, 0.2) is 5.82 Å². The fourth-order valence-corrected chi connectivity index (χ4v) is 5.25. The first kappa shape index (κ1) is 16.3. The molecule has 4 rings (SSSR count). The lowest BCUT2D eigenvalue weighted by Gasteiger charge is -2.45. The molecule has 0 aliphatic carbocycles. The number of hydrogen-bond acceptors (Lipinski definition) is 5. The van der Waals surface area contributed by atoms with Gasteiger partial charge in [-0.25, -0.2) is 0 Å². The summed E-state index contributed by atoms with van der Waals surface area (Å²) >= 11 is 7.82. The molecule has 128 valence electrons. The minimum absolute atomic E-state index is 0.366. The van der Waals surface area contributed by atoms with Crippen LogP contribution < -0.4 is 4.90 Å². The van der Waals surface area contributed by atoms with Gasteiger partial charge in [0.2, 0.25) is 0 Å². The van der Waals surface area contributed by atoms with Crippen molar-refractivity contribution >= 4 is 28.8 Å². The van der Waals surface area contributed by atoms with Gasteiger partial charge in [0, 0.05) is 30.1 Å². The van der Waals surface area contributed by atoms with Crippen LogP contribution in [0.3, 0.4) is 0 Å². The zero-order valence-electron chi connectivity index (χ0n) is 14.0. The highest BCUT2D eigenvalue weighted by Gasteiger charge is 2.43. The predicted octanol–water partition coefficient (Wildman–Crippen LogP) is 4.13. The van der Waals surface area contributed by atoms with E-state index in [1.807, 2.05) is 13.0 Å². The van der Waals surface area contributed by atoms with Gasteiger partial charge in [-0.1, -0.05) is 11.6 Å². The normalized spacial score (nSPS) is 20.8. The van der Waals surface area contributed by atoms with E-state index in [-0.39, 0.29) is 0 Å². The van der Waals surface area contributed by atoms with Crippen molar-refractivity contribution < 1.29 is 0 Å². The van der Waals surface area contributed by atoms with Crippen LogP contribution in [0.15, 0.2) is 24.3 Å². The van der Waals surface area contributed by atoms with Gasteiger partial charge < -0.3 is 4.90 Å². The van der Waals surface area contributed by atoms with Crippen LogP contribution in [-0.4, -0.2) is 40.3 Å². The molecule has 0 amide bonds. The molecule has 0 N–H and O–H groups in total. The third-order valence-electron chi connectivity index (χ3n) is 5.52. The van der Waals surface area contributed by atoms with E-state index < -0.39 is 0 Å². The Morgan fingerprint density at radius 2 is 1.92 bits per heavy atom. The van der Waals surface area contributed by atoms with E-state index in [9.17, 15) is 0 Å². The third-order valence-corrected chi connectivity index (χ3v) is 6.73. The van der Waals surface area contributed by atoms with Crippen LogP contribution in [-0.2, 0) is 6.54 Å². The third kappa shape index (κ3) is 3.17. The molecule has 0 aromatic carbocycles. The molecule has 0 saturated carbocycles. The minimum atomic E-state index is 0.366. The van der Waals surface area contributed by atoms with E-state index in [1.165, 1.54) is 37.1 Å². The Morgan fingerprint density at radius 1 is 1.08 bits per heavy atom. The minimum Gasteiger partial charge on any atom is -0.355 e. The Hall–Kier alpha value is -1.17. The lowest BCUT2D eigenvalue weighted by Crippen LogP contribution is -2.52. The summed E-state index contributed by atoms with van der Waals surface area (Å²) in [7, 11) is 0. The number of halogens is 1. The summed E-state index contributed by atoms with van der Waals surface area (Å²) in [5.41, 5.74) is 1.34. The molecule has 2 fully saturated rings. The lowest BCUT2D eigenvalue weighted by atomic mass is 9.85. The number of thiophene rings is 1. The maximum atomic E-state index is 6.10. The van der Waals surface area contributed by atoms with Crippen LogP contribution in [0.4, 0.5) is 5.82 Å². The van der Waals surface area contributed by atoms with Crippen LogP contribution in [0.5, 0.6) is 0 Å². The van der Waals surface area contributed by atoms with Crippen molar-refractivity contribution in [2.45, 2.75) is 44.7 Å². The number of aryl methyl sites for hydroxylation is 1. The van der Waals surface area contributed by atoms with Crippen LogP contribution in [0.1, 0.15) is 36.3 Å². The first-order valence-corrected chi connectivity index (χ1v) is 9.89. The molecule has 2 aliphatic rings. The summed E-state index contributed by atoms with van der Waals surface area (Å²) in [6.07, 6.45) is 5.05. The van der Waals surface area contributed by atoms with E-state index in [0.717, 1.165) is 35.5 Å². The Bertz CT molecular complexity index is 691. The predicted molar refractivity (Wildman–Crippen MR) is 99.9 cm³/mol. The summed E-state index contributed by atoms with van der Waals surface area (Å²) in [5, 5.41) is 8.56. The maximum Gasteiger partial charge on any atom is 0.151 e. The first-order valence-electron chi connectivity index (χ1n) is 8.69. The molecule has 2 aromatic rings. The average Bonchev–Trinajstić information content (AvgIpc) is 3.17. The molecule has 2 aliphatic heterocycles. The highest BCUT2D eigenvalue weighted by molar-refractivity contribution is 7.16. The van der Waals surface area contributed by atoms with Crippen molar-refractivity contribution in [2.75, 3.05) is 24.5 Å². The summed E-state index contributed by atoms with van der Waals surface area (Å²) in [5.74, 6) is 1.02. The van der Waals surface area contributed by atoms with E-state index in [1.54, 1.807) is 11.3 Å². The zero-order valence-corrected chi connectivity index (χ0v) is 15.6. The Labute approximate surface area is 152 Å². The zero-order chi connectivity index (χ0) is 16.6. The quantitative estimate of drug-likeness (QED) is 0.821. The SMILES string of the molecule is Cc1ccc(N2CCC3(CCCN3Cc3ccc(Cl)s3)CC2)nn1. The number of hydrogen-bond donors (Lipinski definition) is 0. The molecule has 4 nitrogen and oxygen atoms in total. The van der Waals surface area contributed by atoms with Crippen LogP contribution in [0.25, 0.3) is 0 Å². The molecule has 0 atom stereocenters. The smallest absolute Gasteiger partial charge is 0.151 e.